The number of benzene rings is 2. The van der Waals surface area contributed by atoms with Crippen LogP contribution in [0.1, 0.15) is 54.7 Å². The smallest absolute Gasteiger partial charge is 0.257 e. The molecule has 8 heteroatoms. The van der Waals surface area contributed by atoms with Crippen LogP contribution in [-0.2, 0) is 0 Å². The van der Waals surface area contributed by atoms with Gasteiger partial charge in [-0.1, -0.05) is 19.1 Å². The number of piperazine rings is 1. The highest BCUT2D eigenvalue weighted by Gasteiger charge is 2.29. The average molecular weight is 481 g/mol. The summed E-state index contributed by atoms with van der Waals surface area (Å²) in [5.74, 6) is -1.33. The van der Waals surface area contributed by atoms with E-state index >= 15 is 4.39 Å². The maximum absolute atomic E-state index is 15.3. The van der Waals surface area contributed by atoms with E-state index in [1.807, 2.05) is 9.47 Å². The number of fused-ring (bicyclic) bond motifs is 1. The van der Waals surface area contributed by atoms with Gasteiger partial charge in [0, 0.05) is 43.8 Å². The minimum Gasteiger partial charge on any atom is -0.367 e. The highest BCUT2D eigenvalue weighted by molar-refractivity contribution is 5.98. The van der Waals surface area contributed by atoms with Gasteiger partial charge >= 0.3 is 0 Å². The molecule has 1 N–H and O–H groups in total. The number of hydrogen-bond acceptors (Lipinski definition) is 4. The van der Waals surface area contributed by atoms with Crippen LogP contribution in [0.3, 0.4) is 0 Å². The number of hydrogen-bond donors (Lipinski definition) is 1. The van der Waals surface area contributed by atoms with Crippen LogP contribution in [0.5, 0.6) is 0 Å². The number of pyridine rings is 1. The quantitative estimate of drug-likeness (QED) is 0.573. The zero-order valence-corrected chi connectivity index (χ0v) is 20.1. The number of amides is 1. The molecule has 6 nitrogen and oxygen atoms in total. The summed E-state index contributed by atoms with van der Waals surface area (Å²) in [4.78, 5) is 30.8. The first-order valence-corrected chi connectivity index (χ1v) is 12.3. The molecule has 1 saturated carbocycles. The molecule has 2 fully saturated rings. The summed E-state index contributed by atoms with van der Waals surface area (Å²) in [5.41, 5.74) is 1.39. The number of anilines is 1. The Kier molecular flexibility index (Phi) is 6.32. The standard InChI is InChI=1S/C27H30F2N4O2/c1-3-31-10-12-32(13-11-31)25-15-24-21(14-23(25)29)26(34)22(16-33(24)20-8-9-20)27(35)30-17(2)18-4-6-19(28)7-5-18/h4-7,14-17,20H,3,8-13H2,1-2H3,(H,30,35)/t17-/m1/s1. The lowest BCUT2D eigenvalue weighted by Crippen LogP contribution is -2.46. The molecule has 2 heterocycles. The first-order valence-electron chi connectivity index (χ1n) is 12.3. The molecule has 5 rings (SSSR count). The Labute approximate surface area is 203 Å². The van der Waals surface area contributed by atoms with Crippen LogP contribution in [-0.4, -0.2) is 48.1 Å². The third-order valence-corrected chi connectivity index (χ3v) is 7.16. The Balaban J connectivity index is 1.49. The van der Waals surface area contributed by atoms with E-state index in [9.17, 15) is 14.0 Å². The van der Waals surface area contributed by atoms with Crippen molar-refractivity contribution in [2.45, 2.75) is 38.8 Å². The molecule has 1 aromatic heterocycles. The monoisotopic (exact) mass is 480 g/mol. The van der Waals surface area contributed by atoms with E-state index in [4.69, 9.17) is 0 Å². The number of aromatic nitrogens is 1. The van der Waals surface area contributed by atoms with E-state index < -0.39 is 23.2 Å². The Bertz CT molecular complexity index is 1310. The first-order chi connectivity index (χ1) is 16.9. The second-order valence-electron chi connectivity index (χ2n) is 9.50. The van der Waals surface area contributed by atoms with Gasteiger partial charge in [-0.05, 0) is 56.1 Å². The first kappa shape index (κ1) is 23.5. The van der Waals surface area contributed by atoms with Crippen molar-refractivity contribution in [2.24, 2.45) is 0 Å². The summed E-state index contributed by atoms with van der Waals surface area (Å²) in [7, 11) is 0. The molecule has 0 radical (unpaired) electrons. The van der Waals surface area contributed by atoms with Gasteiger partial charge in [-0.2, -0.15) is 0 Å². The fourth-order valence-electron chi connectivity index (χ4n) is 4.83. The topological polar surface area (TPSA) is 57.6 Å². The van der Waals surface area contributed by atoms with E-state index in [1.165, 1.54) is 18.2 Å². The van der Waals surface area contributed by atoms with Gasteiger partial charge in [-0.3, -0.25) is 9.59 Å². The summed E-state index contributed by atoms with van der Waals surface area (Å²) >= 11 is 0. The Morgan fingerprint density at radius 1 is 1.09 bits per heavy atom. The lowest BCUT2D eigenvalue weighted by molar-refractivity contribution is 0.0938. The average Bonchev–Trinajstić information content (AvgIpc) is 3.70. The van der Waals surface area contributed by atoms with Gasteiger partial charge in [0.1, 0.15) is 17.2 Å². The minimum absolute atomic E-state index is 0.0120. The summed E-state index contributed by atoms with van der Waals surface area (Å²) in [6.45, 7) is 8.06. The van der Waals surface area contributed by atoms with Gasteiger partial charge in [0.2, 0.25) is 5.43 Å². The van der Waals surface area contributed by atoms with Crippen molar-refractivity contribution < 1.29 is 13.6 Å². The van der Waals surface area contributed by atoms with E-state index in [0.717, 1.165) is 51.1 Å². The van der Waals surface area contributed by atoms with Gasteiger partial charge in [-0.15, -0.1) is 0 Å². The largest absolute Gasteiger partial charge is 0.367 e. The summed E-state index contributed by atoms with van der Waals surface area (Å²) in [6.07, 6.45) is 3.52. The fourth-order valence-corrected chi connectivity index (χ4v) is 4.83. The maximum atomic E-state index is 15.3. The van der Waals surface area contributed by atoms with Crippen LogP contribution in [0.4, 0.5) is 14.5 Å². The third kappa shape index (κ3) is 4.67. The Morgan fingerprint density at radius 2 is 1.77 bits per heavy atom. The molecule has 35 heavy (non-hydrogen) atoms. The molecule has 1 amide bonds. The van der Waals surface area contributed by atoms with Crippen molar-refractivity contribution >= 4 is 22.5 Å². The number of nitrogens with zero attached hydrogens (tertiary/aromatic N) is 3. The number of carbonyl (C=O) groups is 1. The van der Waals surface area contributed by atoms with Gasteiger partial charge in [0.05, 0.1) is 17.2 Å². The number of likely N-dealkylation sites (N-methyl/N-ethyl adjacent to an activating group) is 1. The van der Waals surface area contributed by atoms with Crippen molar-refractivity contribution in [1.82, 2.24) is 14.8 Å². The normalized spacial score (nSPS) is 17.5. The van der Waals surface area contributed by atoms with Gasteiger partial charge < -0.3 is 19.7 Å². The van der Waals surface area contributed by atoms with E-state index in [-0.39, 0.29) is 22.8 Å². The minimum atomic E-state index is -0.525. The second-order valence-corrected chi connectivity index (χ2v) is 9.50. The molecular formula is C27H30F2N4O2. The van der Waals surface area contributed by atoms with Gasteiger partial charge in [0.25, 0.3) is 5.91 Å². The van der Waals surface area contributed by atoms with Crippen LogP contribution in [0.2, 0.25) is 0 Å². The SMILES string of the molecule is CCN1CCN(c2cc3c(cc2F)c(=O)c(C(=O)N[C@H](C)c2ccc(F)cc2)cn3C2CC2)CC1. The molecule has 1 aliphatic carbocycles. The van der Waals surface area contributed by atoms with Crippen LogP contribution in [0.15, 0.2) is 47.4 Å². The van der Waals surface area contributed by atoms with E-state index in [1.54, 1.807) is 31.3 Å². The number of carbonyl (C=O) groups excluding carboxylic acids is 1. The molecule has 3 aromatic rings. The van der Waals surface area contributed by atoms with Crippen LogP contribution in [0, 0.1) is 11.6 Å². The Hall–Kier alpha value is -3.26. The predicted octanol–water partition coefficient (Wildman–Crippen LogP) is 4.25. The lowest BCUT2D eigenvalue weighted by Gasteiger charge is -2.35. The van der Waals surface area contributed by atoms with E-state index in [0.29, 0.717) is 11.2 Å². The summed E-state index contributed by atoms with van der Waals surface area (Å²) in [6, 6.07) is 8.68. The molecule has 2 aromatic carbocycles. The molecule has 1 atom stereocenters. The number of halogens is 2. The highest BCUT2D eigenvalue weighted by Crippen LogP contribution is 2.38. The Morgan fingerprint density at radius 3 is 2.40 bits per heavy atom. The molecule has 0 spiro atoms. The summed E-state index contributed by atoms with van der Waals surface area (Å²) in [5, 5.41) is 3.05. The zero-order valence-electron chi connectivity index (χ0n) is 20.1. The van der Waals surface area contributed by atoms with Crippen LogP contribution in [0.25, 0.3) is 10.9 Å². The predicted molar refractivity (Wildman–Crippen MR) is 133 cm³/mol. The van der Waals surface area contributed by atoms with E-state index in [2.05, 4.69) is 17.1 Å². The summed E-state index contributed by atoms with van der Waals surface area (Å²) < 4.78 is 30.5. The fraction of sp³-hybridized carbons (Fsp3) is 0.407. The van der Waals surface area contributed by atoms with Crippen LogP contribution < -0.4 is 15.6 Å². The van der Waals surface area contributed by atoms with Crippen molar-refractivity contribution in [3.05, 3.63) is 75.6 Å². The molecule has 1 aliphatic heterocycles. The third-order valence-electron chi connectivity index (χ3n) is 7.16. The number of rotatable bonds is 6. The van der Waals surface area contributed by atoms with Crippen LogP contribution >= 0.6 is 0 Å². The molecule has 2 aliphatic rings. The molecule has 184 valence electrons. The van der Waals surface area contributed by atoms with Crippen molar-refractivity contribution in [3.63, 3.8) is 0 Å². The molecule has 1 saturated heterocycles. The molecule has 0 bridgehead atoms. The zero-order chi connectivity index (χ0) is 24.7. The highest BCUT2D eigenvalue weighted by atomic mass is 19.1. The lowest BCUT2D eigenvalue weighted by atomic mass is 10.1. The molecular weight excluding hydrogens is 450 g/mol. The van der Waals surface area contributed by atoms with Gasteiger partial charge in [0.15, 0.2) is 0 Å². The van der Waals surface area contributed by atoms with Gasteiger partial charge in [-0.25, -0.2) is 8.78 Å². The van der Waals surface area contributed by atoms with Crippen molar-refractivity contribution in [1.29, 1.82) is 0 Å². The van der Waals surface area contributed by atoms with Crippen molar-refractivity contribution in [3.8, 4) is 0 Å². The molecule has 0 unspecified atom stereocenters. The van der Waals surface area contributed by atoms with Crippen molar-refractivity contribution in [2.75, 3.05) is 37.6 Å². The maximum Gasteiger partial charge on any atom is 0.257 e. The second kappa shape index (κ2) is 9.41. The number of nitrogens with one attached hydrogen (secondary N) is 1.